The average Bonchev–Trinajstić information content (AvgIpc) is 2.58. The number of hydrogen-bond acceptors (Lipinski definition) is 4. The zero-order valence-corrected chi connectivity index (χ0v) is 14.9. The van der Waals surface area contributed by atoms with Gasteiger partial charge in [0, 0.05) is 27.9 Å². The topological polar surface area (TPSA) is 95.5 Å². The predicted molar refractivity (Wildman–Crippen MR) is 101 cm³/mol. The zero-order valence-electron chi connectivity index (χ0n) is 14.2. The number of aromatic hydroxyl groups is 1. The molecule has 134 valence electrons. The number of carbonyl (C=O) groups is 3. The van der Waals surface area contributed by atoms with Gasteiger partial charge in [-0.25, -0.2) is 0 Å². The van der Waals surface area contributed by atoms with E-state index in [2.05, 4.69) is 10.6 Å². The van der Waals surface area contributed by atoms with Gasteiger partial charge in [-0.2, -0.15) is 0 Å². The minimum atomic E-state index is -0.581. The highest BCUT2D eigenvalue weighted by atomic mass is 35.5. The van der Waals surface area contributed by atoms with Gasteiger partial charge >= 0.3 is 0 Å². The molecule has 0 bridgehead atoms. The van der Waals surface area contributed by atoms with E-state index in [1.807, 2.05) is 0 Å². The fourth-order valence-corrected chi connectivity index (χ4v) is 2.23. The number of nitrogens with one attached hydrogen (secondary N) is 2. The van der Waals surface area contributed by atoms with Crippen LogP contribution in [0.3, 0.4) is 0 Å². The molecule has 0 unspecified atom stereocenters. The van der Waals surface area contributed by atoms with E-state index in [0.717, 1.165) is 6.08 Å². The van der Waals surface area contributed by atoms with Crippen molar-refractivity contribution in [3.8, 4) is 5.75 Å². The first-order valence-corrected chi connectivity index (χ1v) is 8.04. The van der Waals surface area contributed by atoms with E-state index < -0.39 is 11.8 Å². The number of carbonyl (C=O) groups excluding carboxylic acids is 3. The average molecular weight is 373 g/mol. The van der Waals surface area contributed by atoms with Crippen LogP contribution in [0.25, 0.3) is 0 Å². The molecule has 0 aliphatic carbocycles. The lowest BCUT2D eigenvalue weighted by molar-refractivity contribution is -0.114. The van der Waals surface area contributed by atoms with Crippen LogP contribution in [0.15, 0.2) is 54.1 Å². The molecule has 2 aromatic rings. The minimum absolute atomic E-state index is 0.0695. The smallest absolute Gasteiger partial charge is 0.251 e. The van der Waals surface area contributed by atoms with Crippen LogP contribution in [-0.2, 0) is 9.59 Å². The molecule has 0 saturated carbocycles. The maximum Gasteiger partial charge on any atom is 0.251 e. The Morgan fingerprint density at radius 3 is 2.27 bits per heavy atom. The van der Waals surface area contributed by atoms with Gasteiger partial charge in [-0.15, -0.1) is 0 Å². The summed E-state index contributed by atoms with van der Waals surface area (Å²) in [5, 5.41) is 15.1. The van der Waals surface area contributed by atoms with Crippen molar-refractivity contribution in [2.24, 2.45) is 0 Å². The molecule has 0 fully saturated rings. The molecule has 0 radical (unpaired) electrons. The number of halogens is 1. The first-order chi connectivity index (χ1) is 12.3. The number of hydrogen-bond donors (Lipinski definition) is 3. The summed E-state index contributed by atoms with van der Waals surface area (Å²) >= 11 is 5.81. The lowest BCUT2D eigenvalue weighted by Gasteiger charge is -2.08. The summed E-state index contributed by atoms with van der Waals surface area (Å²) in [6.45, 7) is 2.94. The summed E-state index contributed by atoms with van der Waals surface area (Å²) in [6, 6.07) is 10.6. The predicted octanol–water partition coefficient (Wildman–Crippen LogP) is 3.77. The zero-order chi connectivity index (χ0) is 19.3. The summed E-state index contributed by atoms with van der Waals surface area (Å²) < 4.78 is 0. The Labute approximate surface area is 155 Å². The van der Waals surface area contributed by atoms with Crippen molar-refractivity contribution in [2.45, 2.75) is 13.8 Å². The van der Waals surface area contributed by atoms with Crippen molar-refractivity contribution in [1.29, 1.82) is 0 Å². The van der Waals surface area contributed by atoms with E-state index in [-0.39, 0.29) is 22.8 Å². The first-order valence-electron chi connectivity index (χ1n) is 7.66. The van der Waals surface area contributed by atoms with Crippen molar-refractivity contribution in [3.05, 3.63) is 64.7 Å². The van der Waals surface area contributed by atoms with Crippen LogP contribution in [0.5, 0.6) is 5.75 Å². The van der Waals surface area contributed by atoms with Gasteiger partial charge in [-0.3, -0.25) is 14.4 Å². The molecule has 0 aliphatic rings. The van der Waals surface area contributed by atoms with E-state index in [9.17, 15) is 19.5 Å². The SMILES string of the molecule is CC(=O)c1ccc(NC(=O)/C(C)=C\C(=O)Nc2cc(Cl)ccc2O)cc1. The number of Topliss-reactive ketones (excluding diaryl/α,β-unsaturated/α-hetero) is 1. The minimum Gasteiger partial charge on any atom is -0.506 e. The van der Waals surface area contributed by atoms with Gasteiger partial charge in [0.2, 0.25) is 5.91 Å². The summed E-state index contributed by atoms with van der Waals surface area (Å²) in [4.78, 5) is 35.4. The Kier molecular flexibility index (Phi) is 6.14. The number of rotatable bonds is 5. The van der Waals surface area contributed by atoms with Crippen molar-refractivity contribution in [3.63, 3.8) is 0 Å². The summed E-state index contributed by atoms with van der Waals surface area (Å²) in [6.07, 6.45) is 1.11. The van der Waals surface area contributed by atoms with Gasteiger partial charge in [0.25, 0.3) is 5.91 Å². The standard InChI is InChI=1S/C19H17ClN2O4/c1-11(9-18(25)22-16-10-14(20)5-8-17(16)24)19(26)21-15-6-3-13(4-7-15)12(2)23/h3-10,24H,1-2H3,(H,21,26)(H,22,25)/b11-9-. The molecule has 7 heteroatoms. The van der Waals surface area contributed by atoms with Gasteiger partial charge in [0.05, 0.1) is 5.69 Å². The van der Waals surface area contributed by atoms with Gasteiger partial charge in [0.1, 0.15) is 5.75 Å². The molecule has 6 nitrogen and oxygen atoms in total. The number of amides is 2. The van der Waals surface area contributed by atoms with Gasteiger partial charge in [0.15, 0.2) is 5.78 Å². The molecule has 3 N–H and O–H groups in total. The second-order valence-corrected chi connectivity index (χ2v) is 6.00. The lowest BCUT2D eigenvalue weighted by atomic mass is 10.1. The molecular formula is C19H17ClN2O4. The van der Waals surface area contributed by atoms with Crippen molar-refractivity contribution in [1.82, 2.24) is 0 Å². The summed E-state index contributed by atoms with van der Waals surface area (Å²) in [7, 11) is 0. The molecule has 26 heavy (non-hydrogen) atoms. The van der Waals surface area contributed by atoms with Crippen LogP contribution in [-0.4, -0.2) is 22.7 Å². The first kappa shape index (κ1) is 19.2. The second-order valence-electron chi connectivity index (χ2n) is 5.57. The van der Waals surface area contributed by atoms with Crippen LogP contribution >= 0.6 is 11.6 Å². The van der Waals surface area contributed by atoms with Gasteiger partial charge < -0.3 is 15.7 Å². The third-order valence-corrected chi connectivity index (χ3v) is 3.71. The largest absolute Gasteiger partial charge is 0.506 e. The molecule has 0 aromatic heterocycles. The summed E-state index contributed by atoms with van der Waals surface area (Å²) in [5.74, 6) is -1.25. The normalized spacial score (nSPS) is 11.0. The molecule has 0 saturated heterocycles. The molecule has 0 heterocycles. The number of phenolic OH excluding ortho intramolecular Hbond substituents is 1. The number of phenols is 1. The third kappa shape index (κ3) is 5.19. The Morgan fingerprint density at radius 2 is 1.65 bits per heavy atom. The Morgan fingerprint density at radius 1 is 1.00 bits per heavy atom. The van der Waals surface area contributed by atoms with Crippen LogP contribution in [0, 0.1) is 0 Å². The highest BCUT2D eigenvalue weighted by Gasteiger charge is 2.10. The molecule has 2 amide bonds. The van der Waals surface area contributed by atoms with E-state index in [1.165, 1.54) is 32.0 Å². The van der Waals surface area contributed by atoms with Crippen molar-refractivity contribution < 1.29 is 19.5 Å². The van der Waals surface area contributed by atoms with E-state index in [0.29, 0.717) is 16.3 Å². The van der Waals surface area contributed by atoms with E-state index in [4.69, 9.17) is 11.6 Å². The molecule has 0 spiro atoms. The molecule has 0 aliphatic heterocycles. The highest BCUT2D eigenvalue weighted by Crippen LogP contribution is 2.26. The van der Waals surface area contributed by atoms with Crippen LogP contribution in [0.1, 0.15) is 24.2 Å². The van der Waals surface area contributed by atoms with Crippen LogP contribution in [0.4, 0.5) is 11.4 Å². The van der Waals surface area contributed by atoms with E-state index in [1.54, 1.807) is 24.3 Å². The third-order valence-electron chi connectivity index (χ3n) is 3.47. The summed E-state index contributed by atoms with van der Waals surface area (Å²) in [5.41, 5.74) is 1.35. The van der Waals surface area contributed by atoms with Crippen molar-refractivity contribution >= 4 is 40.6 Å². The quantitative estimate of drug-likeness (QED) is 0.423. The highest BCUT2D eigenvalue weighted by molar-refractivity contribution is 6.31. The van der Waals surface area contributed by atoms with E-state index >= 15 is 0 Å². The van der Waals surface area contributed by atoms with Gasteiger partial charge in [-0.05, 0) is 56.3 Å². The fraction of sp³-hybridized carbons (Fsp3) is 0.105. The number of ketones is 1. The molecular weight excluding hydrogens is 356 g/mol. The Bertz CT molecular complexity index is 889. The Hall–Kier alpha value is -3.12. The maximum atomic E-state index is 12.1. The monoisotopic (exact) mass is 372 g/mol. The second kappa shape index (κ2) is 8.31. The molecule has 2 aromatic carbocycles. The fourth-order valence-electron chi connectivity index (χ4n) is 2.06. The molecule has 0 atom stereocenters. The van der Waals surface area contributed by atoms with Gasteiger partial charge in [-0.1, -0.05) is 11.6 Å². The van der Waals surface area contributed by atoms with Crippen molar-refractivity contribution in [2.75, 3.05) is 10.6 Å². The number of anilines is 2. The molecule has 2 rings (SSSR count). The number of benzene rings is 2. The Balaban J connectivity index is 2.03. The van der Waals surface area contributed by atoms with Crippen LogP contribution < -0.4 is 10.6 Å². The lowest BCUT2D eigenvalue weighted by Crippen LogP contribution is -2.16. The maximum absolute atomic E-state index is 12.1. The van der Waals surface area contributed by atoms with Crippen LogP contribution in [0.2, 0.25) is 5.02 Å².